The topological polar surface area (TPSA) is 15.3 Å². The molecule has 1 aliphatic heterocycles. The molecule has 2 nitrogen and oxygen atoms in total. The third kappa shape index (κ3) is 2.91. The lowest BCUT2D eigenvalue weighted by atomic mass is 9.49. The van der Waals surface area contributed by atoms with Crippen LogP contribution in [-0.4, -0.2) is 37.1 Å². The molecule has 5 rings (SSSR count). The van der Waals surface area contributed by atoms with Gasteiger partial charge in [0.2, 0.25) is 0 Å². The fourth-order valence-electron chi connectivity index (χ4n) is 6.76. The van der Waals surface area contributed by atoms with Crippen molar-refractivity contribution in [2.24, 2.45) is 23.2 Å². The Labute approximate surface area is 131 Å². The van der Waals surface area contributed by atoms with Crippen molar-refractivity contribution in [1.29, 1.82) is 0 Å². The minimum atomic E-state index is 0.731. The largest absolute Gasteiger partial charge is 0.317 e. The monoisotopic (exact) mass is 290 g/mol. The molecular formula is C19H34N2. The lowest BCUT2D eigenvalue weighted by Gasteiger charge is -2.58. The van der Waals surface area contributed by atoms with Crippen molar-refractivity contribution in [2.75, 3.05) is 26.2 Å². The van der Waals surface area contributed by atoms with Gasteiger partial charge in [-0.1, -0.05) is 6.92 Å². The molecule has 0 aromatic rings. The van der Waals surface area contributed by atoms with Crippen LogP contribution in [-0.2, 0) is 0 Å². The van der Waals surface area contributed by atoms with Gasteiger partial charge in [0.15, 0.2) is 0 Å². The molecule has 0 spiro atoms. The lowest BCUT2D eigenvalue weighted by Crippen LogP contribution is -2.54. The standard InChI is InChI=1S/C19H34N2/c1-2-7-21(18-3-5-20-6-4-18)14-19-11-15-8-16(12-19)10-17(9-15)13-19/h15-18,20H,2-14H2,1H3. The molecule has 0 atom stereocenters. The van der Waals surface area contributed by atoms with Crippen molar-refractivity contribution >= 4 is 0 Å². The van der Waals surface area contributed by atoms with Crippen LogP contribution in [0.4, 0.5) is 0 Å². The third-order valence-corrected chi connectivity index (χ3v) is 7.04. The first-order valence-electron chi connectivity index (χ1n) is 9.71. The molecule has 4 saturated carbocycles. The van der Waals surface area contributed by atoms with Gasteiger partial charge in [0.25, 0.3) is 0 Å². The first-order chi connectivity index (χ1) is 10.3. The van der Waals surface area contributed by atoms with Gasteiger partial charge in [-0.15, -0.1) is 0 Å². The van der Waals surface area contributed by atoms with Crippen molar-refractivity contribution in [2.45, 2.75) is 70.8 Å². The molecule has 4 bridgehead atoms. The van der Waals surface area contributed by atoms with Gasteiger partial charge in [-0.25, -0.2) is 0 Å². The van der Waals surface area contributed by atoms with Crippen LogP contribution in [0.3, 0.4) is 0 Å². The number of hydrogen-bond donors (Lipinski definition) is 1. The minimum absolute atomic E-state index is 0.731. The van der Waals surface area contributed by atoms with Crippen LogP contribution in [0.25, 0.3) is 0 Å². The molecule has 5 aliphatic rings. The Balaban J connectivity index is 1.46. The smallest absolute Gasteiger partial charge is 0.0120 e. The molecule has 1 saturated heterocycles. The van der Waals surface area contributed by atoms with E-state index < -0.39 is 0 Å². The summed E-state index contributed by atoms with van der Waals surface area (Å²) in [5.41, 5.74) is 0.731. The Hall–Kier alpha value is -0.0800. The van der Waals surface area contributed by atoms with Gasteiger partial charge >= 0.3 is 0 Å². The van der Waals surface area contributed by atoms with E-state index in [1.165, 1.54) is 45.4 Å². The van der Waals surface area contributed by atoms with Gasteiger partial charge in [-0.05, 0) is 101 Å². The van der Waals surface area contributed by atoms with Crippen molar-refractivity contribution in [1.82, 2.24) is 10.2 Å². The number of nitrogens with zero attached hydrogens (tertiary/aromatic N) is 1. The molecule has 0 aromatic carbocycles. The second kappa shape index (κ2) is 5.85. The predicted molar refractivity (Wildman–Crippen MR) is 88.4 cm³/mol. The Morgan fingerprint density at radius 2 is 1.52 bits per heavy atom. The fourth-order valence-corrected chi connectivity index (χ4v) is 6.76. The van der Waals surface area contributed by atoms with Gasteiger partial charge < -0.3 is 5.32 Å². The maximum atomic E-state index is 3.54. The summed E-state index contributed by atoms with van der Waals surface area (Å²) in [5.74, 6) is 3.31. The molecule has 0 aromatic heterocycles. The molecule has 0 amide bonds. The van der Waals surface area contributed by atoms with Crippen LogP contribution in [0.1, 0.15) is 64.7 Å². The van der Waals surface area contributed by atoms with Crippen molar-refractivity contribution in [3.8, 4) is 0 Å². The van der Waals surface area contributed by atoms with E-state index in [2.05, 4.69) is 17.1 Å². The summed E-state index contributed by atoms with van der Waals surface area (Å²) >= 11 is 0. The zero-order valence-corrected chi connectivity index (χ0v) is 13.9. The van der Waals surface area contributed by atoms with Gasteiger partial charge in [-0.2, -0.15) is 0 Å². The second-order valence-corrected chi connectivity index (χ2v) is 8.87. The summed E-state index contributed by atoms with van der Waals surface area (Å²) in [7, 11) is 0. The van der Waals surface area contributed by atoms with Crippen molar-refractivity contribution in [3.63, 3.8) is 0 Å². The molecule has 1 N–H and O–H groups in total. The molecule has 0 unspecified atom stereocenters. The highest BCUT2D eigenvalue weighted by Crippen LogP contribution is 2.60. The van der Waals surface area contributed by atoms with E-state index in [0.29, 0.717) is 0 Å². The predicted octanol–water partition coefficient (Wildman–Crippen LogP) is 3.67. The normalized spacial score (nSPS) is 42.9. The maximum absolute atomic E-state index is 3.54. The summed E-state index contributed by atoms with van der Waals surface area (Å²) < 4.78 is 0. The summed E-state index contributed by atoms with van der Waals surface area (Å²) in [6.45, 7) is 7.63. The average molecular weight is 290 g/mol. The van der Waals surface area contributed by atoms with E-state index in [9.17, 15) is 0 Å². The van der Waals surface area contributed by atoms with Gasteiger partial charge in [-0.3, -0.25) is 4.90 Å². The Bertz CT molecular complexity index is 323. The van der Waals surface area contributed by atoms with Crippen LogP contribution < -0.4 is 5.32 Å². The van der Waals surface area contributed by atoms with E-state index >= 15 is 0 Å². The molecule has 2 heteroatoms. The first kappa shape index (κ1) is 14.5. The van der Waals surface area contributed by atoms with Crippen LogP contribution in [0.2, 0.25) is 0 Å². The first-order valence-corrected chi connectivity index (χ1v) is 9.71. The molecule has 21 heavy (non-hydrogen) atoms. The van der Waals surface area contributed by atoms with Crippen molar-refractivity contribution < 1.29 is 0 Å². The SMILES string of the molecule is CCCN(CC12CC3CC(CC(C3)C1)C2)C1CCNCC1. The minimum Gasteiger partial charge on any atom is -0.317 e. The highest BCUT2D eigenvalue weighted by molar-refractivity contribution is 5.03. The summed E-state index contributed by atoms with van der Waals surface area (Å²) in [6.07, 6.45) is 13.6. The Morgan fingerprint density at radius 1 is 0.952 bits per heavy atom. The molecular weight excluding hydrogens is 256 g/mol. The highest BCUT2D eigenvalue weighted by atomic mass is 15.2. The van der Waals surface area contributed by atoms with Crippen LogP contribution in [0, 0.1) is 23.2 Å². The number of piperidine rings is 1. The fraction of sp³-hybridized carbons (Fsp3) is 1.00. The van der Waals surface area contributed by atoms with E-state index in [1.807, 2.05) is 0 Å². The lowest BCUT2D eigenvalue weighted by molar-refractivity contribution is -0.0759. The zero-order chi connectivity index (χ0) is 14.3. The quantitative estimate of drug-likeness (QED) is 0.831. The molecule has 120 valence electrons. The summed E-state index contributed by atoms with van der Waals surface area (Å²) in [4.78, 5) is 2.92. The van der Waals surface area contributed by atoms with E-state index in [1.54, 1.807) is 38.5 Å². The molecule has 1 heterocycles. The zero-order valence-electron chi connectivity index (χ0n) is 13.9. The Kier molecular flexibility index (Phi) is 4.04. The number of hydrogen-bond acceptors (Lipinski definition) is 2. The van der Waals surface area contributed by atoms with Crippen molar-refractivity contribution in [3.05, 3.63) is 0 Å². The summed E-state index contributed by atoms with van der Waals surface area (Å²) in [5, 5.41) is 3.54. The van der Waals surface area contributed by atoms with Gasteiger partial charge in [0.1, 0.15) is 0 Å². The third-order valence-electron chi connectivity index (χ3n) is 7.04. The highest BCUT2D eigenvalue weighted by Gasteiger charge is 2.51. The maximum Gasteiger partial charge on any atom is 0.0120 e. The second-order valence-electron chi connectivity index (χ2n) is 8.87. The van der Waals surface area contributed by atoms with E-state index in [-0.39, 0.29) is 0 Å². The van der Waals surface area contributed by atoms with E-state index in [0.717, 1.165) is 29.2 Å². The average Bonchev–Trinajstić information content (AvgIpc) is 2.46. The molecule has 5 fully saturated rings. The number of nitrogens with one attached hydrogen (secondary N) is 1. The Morgan fingerprint density at radius 3 is 2.05 bits per heavy atom. The van der Waals surface area contributed by atoms with E-state index in [4.69, 9.17) is 0 Å². The van der Waals surface area contributed by atoms with Crippen LogP contribution in [0.5, 0.6) is 0 Å². The number of rotatable bonds is 5. The van der Waals surface area contributed by atoms with Gasteiger partial charge in [0, 0.05) is 12.6 Å². The molecule has 4 aliphatic carbocycles. The molecule has 0 radical (unpaired) electrons. The summed E-state index contributed by atoms with van der Waals surface area (Å²) in [6, 6.07) is 0.874. The van der Waals surface area contributed by atoms with Gasteiger partial charge in [0.05, 0.1) is 0 Å². The van der Waals surface area contributed by atoms with Crippen LogP contribution in [0.15, 0.2) is 0 Å². The van der Waals surface area contributed by atoms with Crippen LogP contribution >= 0.6 is 0 Å².